The first-order valence-corrected chi connectivity index (χ1v) is 14.5. The lowest BCUT2D eigenvalue weighted by Crippen LogP contribution is -2.57. The second kappa shape index (κ2) is 12.3. The Morgan fingerprint density at radius 3 is 2.66 bits per heavy atom. The van der Waals surface area contributed by atoms with Crippen LogP contribution in [0.25, 0.3) is 16.6 Å². The van der Waals surface area contributed by atoms with Gasteiger partial charge in [-0.25, -0.2) is 24.5 Å². The van der Waals surface area contributed by atoms with Gasteiger partial charge in [-0.05, 0) is 76.6 Å². The number of ether oxygens (including phenoxy) is 1. The van der Waals surface area contributed by atoms with E-state index in [4.69, 9.17) is 4.74 Å². The highest BCUT2D eigenvalue weighted by Crippen LogP contribution is 2.39. The fourth-order valence-corrected chi connectivity index (χ4v) is 5.24. The fraction of sp³-hybridized carbons (Fsp3) is 0.312. The van der Waals surface area contributed by atoms with Crippen LogP contribution in [0.3, 0.4) is 0 Å². The van der Waals surface area contributed by atoms with Gasteiger partial charge in [0.05, 0.1) is 16.6 Å². The molecular weight excluding hydrogens is 556 g/mol. The average molecular weight is 593 g/mol. The summed E-state index contributed by atoms with van der Waals surface area (Å²) in [6.45, 7) is 4.41. The number of hydrogen-bond acceptors (Lipinski definition) is 11. The molecule has 3 aromatic heterocycles. The molecule has 1 aliphatic rings. The van der Waals surface area contributed by atoms with Crippen molar-refractivity contribution in [1.29, 1.82) is 0 Å². The summed E-state index contributed by atoms with van der Waals surface area (Å²) in [7, 11) is 8.16. The van der Waals surface area contributed by atoms with Gasteiger partial charge in [0.2, 0.25) is 5.88 Å². The zero-order valence-electron chi connectivity index (χ0n) is 25.6. The molecule has 0 radical (unpaired) electrons. The Balaban J connectivity index is 1.31. The minimum Gasteiger partial charge on any atom is -0.439 e. The van der Waals surface area contributed by atoms with Crippen LogP contribution in [0.4, 0.5) is 17.2 Å². The predicted molar refractivity (Wildman–Crippen MR) is 171 cm³/mol. The summed E-state index contributed by atoms with van der Waals surface area (Å²) in [4.78, 5) is 37.4. The van der Waals surface area contributed by atoms with Crippen molar-refractivity contribution in [2.45, 2.75) is 19.4 Å². The van der Waals surface area contributed by atoms with Crippen LogP contribution in [0.15, 0.2) is 67.5 Å². The second-order valence-electron chi connectivity index (χ2n) is 11.5. The predicted octanol–water partition coefficient (Wildman–Crippen LogP) is 3.89. The molecule has 2 aromatic carbocycles. The third-order valence-electron chi connectivity index (χ3n) is 7.71. The van der Waals surface area contributed by atoms with Crippen LogP contribution in [0.1, 0.15) is 11.1 Å². The standard InChI is InChI=1S/C32H36N10O2/c1-21-13-23(9-11-27(21)44-29-15-28-34-19-37-42(28)20-36-29)38-32-30-26(33-18-35-32)10-8-22(14-25(43)7-6-12-39(2)3)31(30)41-16-24(17-41)40(4)5/h6-11,13,15,18-20,24H,12,14,16-17H2,1-5H3,(H,33,35,38)/b7-6+. The molecular formula is C32H36N10O2. The minimum absolute atomic E-state index is 0.0624. The van der Waals surface area contributed by atoms with Crippen molar-refractivity contribution < 1.29 is 9.53 Å². The monoisotopic (exact) mass is 592 g/mol. The molecule has 0 saturated carbocycles. The molecule has 1 fully saturated rings. The Morgan fingerprint density at radius 2 is 1.89 bits per heavy atom. The maximum absolute atomic E-state index is 13.0. The van der Waals surface area contributed by atoms with Crippen LogP contribution in [0.5, 0.6) is 11.6 Å². The van der Waals surface area contributed by atoms with Gasteiger partial charge in [-0.3, -0.25) is 4.79 Å². The topological polar surface area (TPSA) is 117 Å². The van der Waals surface area contributed by atoms with Crippen LogP contribution in [-0.2, 0) is 11.2 Å². The van der Waals surface area contributed by atoms with Gasteiger partial charge in [0.15, 0.2) is 11.4 Å². The molecule has 0 spiro atoms. The van der Waals surface area contributed by atoms with E-state index in [2.05, 4.69) is 54.2 Å². The van der Waals surface area contributed by atoms with Crippen LogP contribution in [0.2, 0.25) is 0 Å². The second-order valence-corrected chi connectivity index (χ2v) is 11.5. The van der Waals surface area contributed by atoms with Gasteiger partial charge in [-0.15, -0.1) is 0 Å². The van der Waals surface area contributed by atoms with Crippen molar-refractivity contribution >= 4 is 39.5 Å². The summed E-state index contributed by atoms with van der Waals surface area (Å²) in [5, 5.41) is 8.49. The number of nitrogens with zero attached hydrogens (tertiary/aromatic N) is 9. The number of nitrogens with one attached hydrogen (secondary N) is 1. The van der Waals surface area contributed by atoms with Gasteiger partial charge < -0.3 is 24.8 Å². The summed E-state index contributed by atoms with van der Waals surface area (Å²) >= 11 is 0. The van der Waals surface area contributed by atoms with Crippen LogP contribution >= 0.6 is 0 Å². The van der Waals surface area contributed by atoms with Crippen molar-refractivity contribution in [3.05, 3.63) is 78.7 Å². The normalized spacial score (nSPS) is 13.8. The fourth-order valence-electron chi connectivity index (χ4n) is 5.24. The Labute approximate surface area is 256 Å². The summed E-state index contributed by atoms with van der Waals surface area (Å²) in [6, 6.07) is 12.0. The quantitative estimate of drug-likeness (QED) is 0.225. The lowest BCUT2D eigenvalue weighted by atomic mass is 9.97. The minimum atomic E-state index is 0.0624. The van der Waals surface area contributed by atoms with Gasteiger partial charge in [-0.2, -0.15) is 5.10 Å². The number of carbonyl (C=O) groups is 1. The number of likely N-dealkylation sites (N-methyl/N-ethyl adjacent to an activating group) is 2. The smallest absolute Gasteiger partial charge is 0.224 e. The molecule has 1 aliphatic heterocycles. The van der Waals surface area contributed by atoms with E-state index in [-0.39, 0.29) is 5.78 Å². The van der Waals surface area contributed by atoms with Crippen LogP contribution in [-0.4, -0.2) is 99.0 Å². The summed E-state index contributed by atoms with van der Waals surface area (Å²) in [6.07, 6.45) is 8.50. The Bertz CT molecular complexity index is 1840. The molecule has 4 heterocycles. The molecule has 44 heavy (non-hydrogen) atoms. The Hall–Kier alpha value is -4.94. The number of fused-ring (bicyclic) bond motifs is 2. The molecule has 12 heteroatoms. The molecule has 12 nitrogen and oxygen atoms in total. The van der Waals surface area contributed by atoms with Crippen molar-refractivity contribution in [2.75, 3.05) is 58.0 Å². The number of aryl methyl sites for hydroxylation is 1. The zero-order chi connectivity index (χ0) is 30.8. The number of rotatable bonds is 11. The highest BCUT2D eigenvalue weighted by molar-refractivity contribution is 6.04. The maximum Gasteiger partial charge on any atom is 0.224 e. The van der Waals surface area contributed by atoms with E-state index in [1.54, 1.807) is 29.3 Å². The van der Waals surface area contributed by atoms with Gasteiger partial charge >= 0.3 is 0 Å². The molecule has 226 valence electrons. The highest BCUT2D eigenvalue weighted by atomic mass is 16.5. The Morgan fingerprint density at radius 1 is 1.05 bits per heavy atom. The van der Waals surface area contributed by atoms with E-state index in [9.17, 15) is 4.79 Å². The number of hydrogen-bond donors (Lipinski definition) is 1. The number of ketones is 1. The molecule has 0 amide bonds. The molecule has 0 bridgehead atoms. The number of aromatic nitrogens is 6. The van der Waals surface area contributed by atoms with E-state index >= 15 is 0 Å². The lowest BCUT2D eigenvalue weighted by molar-refractivity contribution is -0.114. The first-order valence-electron chi connectivity index (χ1n) is 14.5. The first-order chi connectivity index (χ1) is 21.2. The average Bonchev–Trinajstić information content (AvgIpc) is 3.42. The summed E-state index contributed by atoms with van der Waals surface area (Å²) in [5.74, 6) is 1.86. The molecule has 0 aliphatic carbocycles. The molecule has 0 atom stereocenters. The van der Waals surface area contributed by atoms with E-state index < -0.39 is 0 Å². The zero-order valence-corrected chi connectivity index (χ0v) is 25.6. The number of benzene rings is 2. The van der Waals surface area contributed by atoms with E-state index in [0.717, 1.165) is 46.5 Å². The SMILES string of the molecule is Cc1cc(Nc2ncnc3ccc(CC(=O)/C=C/CN(C)C)c(N4CC(N(C)C)C4)c23)ccc1Oc1cc2ncnn2cn1. The molecule has 6 rings (SSSR count). The van der Waals surface area contributed by atoms with Gasteiger partial charge in [0, 0.05) is 43.9 Å². The van der Waals surface area contributed by atoms with Crippen LogP contribution < -0.4 is 15.0 Å². The largest absolute Gasteiger partial charge is 0.439 e. The van der Waals surface area contributed by atoms with Gasteiger partial charge in [-0.1, -0.05) is 12.1 Å². The first kappa shape index (κ1) is 29.1. The lowest BCUT2D eigenvalue weighted by Gasteiger charge is -2.45. The molecule has 0 unspecified atom stereocenters. The van der Waals surface area contributed by atoms with E-state index in [1.807, 2.05) is 62.3 Å². The summed E-state index contributed by atoms with van der Waals surface area (Å²) < 4.78 is 7.64. The van der Waals surface area contributed by atoms with Crippen molar-refractivity contribution in [3.8, 4) is 11.6 Å². The summed E-state index contributed by atoms with van der Waals surface area (Å²) in [5.41, 5.74) is 5.21. The molecule has 5 aromatic rings. The van der Waals surface area contributed by atoms with Crippen molar-refractivity contribution in [2.24, 2.45) is 0 Å². The van der Waals surface area contributed by atoms with Gasteiger partial charge in [0.1, 0.15) is 30.5 Å². The van der Waals surface area contributed by atoms with Gasteiger partial charge in [0.25, 0.3) is 0 Å². The highest BCUT2D eigenvalue weighted by Gasteiger charge is 2.32. The Kier molecular flexibility index (Phi) is 8.18. The molecule has 1 N–H and O–H groups in total. The number of anilines is 3. The van der Waals surface area contributed by atoms with Crippen LogP contribution in [0, 0.1) is 6.92 Å². The maximum atomic E-state index is 13.0. The van der Waals surface area contributed by atoms with Crippen molar-refractivity contribution in [3.63, 3.8) is 0 Å². The van der Waals surface area contributed by atoms with E-state index in [1.165, 1.54) is 6.33 Å². The van der Waals surface area contributed by atoms with E-state index in [0.29, 0.717) is 42.1 Å². The third-order valence-corrected chi connectivity index (χ3v) is 7.71. The third kappa shape index (κ3) is 6.21. The molecule has 1 saturated heterocycles. The number of allylic oxidation sites excluding steroid dienone is 1. The van der Waals surface area contributed by atoms with Crippen molar-refractivity contribution in [1.82, 2.24) is 39.3 Å². The number of carbonyl (C=O) groups excluding carboxylic acids is 1.